The maximum atomic E-state index is 11.8. The summed E-state index contributed by atoms with van der Waals surface area (Å²) in [7, 11) is 3.96. The van der Waals surface area contributed by atoms with Crippen LogP contribution in [0.3, 0.4) is 0 Å². The quantitative estimate of drug-likeness (QED) is 0.738. The largest absolute Gasteiger partial charge is 0.340 e. The fourth-order valence-corrected chi connectivity index (χ4v) is 2.54. The highest BCUT2D eigenvalue weighted by molar-refractivity contribution is 5.75. The predicted molar refractivity (Wildman–Crippen MR) is 84.2 cm³/mol. The minimum Gasteiger partial charge on any atom is -0.340 e. The second-order valence-corrected chi connectivity index (χ2v) is 6.04. The molecule has 21 heavy (non-hydrogen) atoms. The summed E-state index contributed by atoms with van der Waals surface area (Å²) in [5.74, 6) is 0.0475. The summed E-state index contributed by atoms with van der Waals surface area (Å²) in [6.07, 6.45) is 5.84. The number of amides is 3. The van der Waals surface area contributed by atoms with Gasteiger partial charge in [0.25, 0.3) is 0 Å². The monoisotopic (exact) mass is 298 g/mol. The van der Waals surface area contributed by atoms with Crippen LogP contribution in [0.2, 0.25) is 0 Å². The molecule has 122 valence electrons. The van der Waals surface area contributed by atoms with Crippen LogP contribution in [-0.4, -0.2) is 68.1 Å². The molecule has 0 atom stereocenters. The molecular formula is C15H30N4O2. The van der Waals surface area contributed by atoms with E-state index in [0.29, 0.717) is 25.7 Å². The van der Waals surface area contributed by atoms with Crippen molar-refractivity contribution < 1.29 is 9.59 Å². The zero-order chi connectivity index (χ0) is 15.7. The van der Waals surface area contributed by atoms with E-state index in [-0.39, 0.29) is 11.9 Å². The normalized spacial score (nSPS) is 15.8. The molecule has 0 radical (unpaired) electrons. The molecule has 6 heteroatoms. The molecule has 0 heterocycles. The van der Waals surface area contributed by atoms with Gasteiger partial charge in [-0.1, -0.05) is 19.3 Å². The SMILES string of the molecule is CC(=O)N(CCNC(=O)NC1CCCCC1)CCN(C)C. The molecule has 0 aromatic rings. The van der Waals surface area contributed by atoms with Gasteiger partial charge in [-0.2, -0.15) is 0 Å². The van der Waals surface area contributed by atoms with Gasteiger partial charge < -0.3 is 20.4 Å². The number of likely N-dealkylation sites (N-methyl/N-ethyl adjacent to an activating group) is 1. The summed E-state index contributed by atoms with van der Waals surface area (Å²) in [5.41, 5.74) is 0. The standard InChI is InChI=1S/C15H30N4O2/c1-13(20)19(12-11-18(2)3)10-9-16-15(21)17-14-7-5-4-6-8-14/h14H,4-12H2,1-3H3,(H2,16,17,21). The third-order valence-corrected chi connectivity index (χ3v) is 3.87. The van der Waals surface area contributed by atoms with Crippen molar-refractivity contribution in [3.05, 3.63) is 0 Å². The molecule has 0 aromatic carbocycles. The first-order chi connectivity index (χ1) is 9.99. The molecule has 0 spiro atoms. The summed E-state index contributed by atoms with van der Waals surface area (Å²) in [5, 5.41) is 5.86. The minimum absolute atomic E-state index is 0.0475. The van der Waals surface area contributed by atoms with Crippen molar-refractivity contribution in [1.29, 1.82) is 0 Å². The van der Waals surface area contributed by atoms with Crippen LogP contribution in [-0.2, 0) is 4.79 Å². The van der Waals surface area contributed by atoms with Gasteiger partial charge in [-0.05, 0) is 26.9 Å². The Morgan fingerprint density at radius 1 is 1.05 bits per heavy atom. The van der Waals surface area contributed by atoms with Gasteiger partial charge in [0.15, 0.2) is 0 Å². The number of hydrogen-bond acceptors (Lipinski definition) is 3. The van der Waals surface area contributed by atoms with Gasteiger partial charge in [0.2, 0.25) is 5.91 Å². The third-order valence-electron chi connectivity index (χ3n) is 3.87. The smallest absolute Gasteiger partial charge is 0.315 e. The lowest BCUT2D eigenvalue weighted by Gasteiger charge is -2.25. The first-order valence-electron chi connectivity index (χ1n) is 7.93. The van der Waals surface area contributed by atoms with Gasteiger partial charge >= 0.3 is 6.03 Å². The van der Waals surface area contributed by atoms with Gasteiger partial charge in [-0.15, -0.1) is 0 Å². The maximum Gasteiger partial charge on any atom is 0.315 e. The molecule has 0 saturated heterocycles. The van der Waals surface area contributed by atoms with Crippen molar-refractivity contribution >= 4 is 11.9 Å². The summed E-state index contributed by atoms with van der Waals surface area (Å²) < 4.78 is 0. The van der Waals surface area contributed by atoms with Crippen LogP contribution in [0.15, 0.2) is 0 Å². The number of carbonyl (C=O) groups excluding carboxylic acids is 2. The molecule has 6 nitrogen and oxygen atoms in total. The molecule has 0 unspecified atom stereocenters. The summed E-state index contributed by atoms with van der Waals surface area (Å²) in [4.78, 5) is 27.1. The van der Waals surface area contributed by atoms with Crippen LogP contribution >= 0.6 is 0 Å². The third kappa shape index (κ3) is 7.90. The lowest BCUT2D eigenvalue weighted by molar-refractivity contribution is -0.128. The lowest BCUT2D eigenvalue weighted by atomic mass is 9.96. The zero-order valence-electron chi connectivity index (χ0n) is 13.7. The van der Waals surface area contributed by atoms with E-state index in [0.717, 1.165) is 19.4 Å². The number of nitrogens with one attached hydrogen (secondary N) is 2. The molecule has 2 N–H and O–H groups in total. The molecule has 1 rings (SSSR count). The average Bonchev–Trinajstić information content (AvgIpc) is 2.43. The van der Waals surface area contributed by atoms with E-state index in [1.165, 1.54) is 19.3 Å². The number of nitrogens with zero attached hydrogens (tertiary/aromatic N) is 2. The van der Waals surface area contributed by atoms with Crippen LogP contribution in [0.1, 0.15) is 39.0 Å². The maximum absolute atomic E-state index is 11.8. The second kappa shape index (κ2) is 9.60. The van der Waals surface area contributed by atoms with Gasteiger partial charge in [0, 0.05) is 39.1 Å². The van der Waals surface area contributed by atoms with Gasteiger partial charge in [-0.25, -0.2) is 4.79 Å². The number of rotatable bonds is 7. The average molecular weight is 298 g/mol. The predicted octanol–water partition coefficient (Wildman–Crippen LogP) is 1.03. The highest BCUT2D eigenvalue weighted by Gasteiger charge is 2.15. The molecule has 0 aliphatic heterocycles. The highest BCUT2D eigenvalue weighted by Crippen LogP contribution is 2.16. The molecule has 1 aliphatic rings. The summed E-state index contributed by atoms with van der Waals surface area (Å²) >= 11 is 0. The van der Waals surface area contributed by atoms with E-state index in [1.54, 1.807) is 11.8 Å². The Hall–Kier alpha value is -1.30. The molecule has 1 aliphatic carbocycles. The second-order valence-electron chi connectivity index (χ2n) is 6.04. The highest BCUT2D eigenvalue weighted by atomic mass is 16.2. The van der Waals surface area contributed by atoms with Crippen LogP contribution in [0, 0.1) is 0 Å². The van der Waals surface area contributed by atoms with Crippen molar-refractivity contribution in [3.63, 3.8) is 0 Å². The Labute approximate surface area is 128 Å². The van der Waals surface area contributed by atoms with Crippen LogP contribution in [0.5, 0.6) is 0 Å². The van der Waals surface area contributed by atoms with E-state index in [4.69, 9.17) is 0 Å². The number of hydrogen-bond donors (Lipinski definition) is 2. The van der Waals surface area contributed by atoms with Crippen LogP contribution < -0.4 is 10.6 Å². The first-order valence-corrected chi connectivity index (χ1v) is 7.93. The first kappa shape index (κ1) is 17.8. The summed E-state index contributed by atoms with van der Waals surface area (Å²) in [6, 6.07) is 0.203. The Balaban J connectivity index is 2.19. The van der Waals surface area contributed by atoms with Gasteiger partial charge in [0.1, 0.15) is 0 Å². The van der Waals surface area contributed by atoms with Crippen molar-refractivity contribution in [3.8, 4) is 0 Å². The Morgan fingerprint density at radius 3 is 2.29 bits per heavy atom. The lowest BCUT2D eigenvalue weighted by Crippen LogP contribution is -2.46. The molecule has 1 saturated carbocycles. The van der Waals surface area contributed by atoms with Gasteiger partial charge in [-0.3, -0.25) is 4.79 Å². The van der Waals surface area contributed by atoms with Crippen LogP contribution in [0.25, 0.3) is 0 Å². The van der Waals surface area contributed by atoms with E-state index < -0.39 is 0 Å². The fraction of sp³-hybridized carbons (Fsp3) is 0.867. The summed E-state index contributed by atoms with van der Waals surface area (Å²) in [6.45, 7) is 4.13. The molecule has 3 amide bonds. The van der Waals surface area contributed by atoms with Crippen molar-refractivity contribution in [2.75, 3.05) is 40.3 Å². The van der Waals surface area contributed by atoms with E-state index in [9.17, 15) is 9.59 Å². The van der Waals surface area contributed by atoms with E-state index >= 15 is 0 Å². The molecular weight excluding hydrogens is 268 g/mol. The molecule has 0 bridgehead atoms. The van der Waals surface area contributed by atoms with Crippen molar-refractivity contribution in [2.24, 2.45) is 0 Å². The number of urea groups is 1. The fourth-order valence-electron chi connectivity index (χ4n) is 2.54. The van der Waals surface area contributed by atoms with Crippen molar-refractivity contribution in [1.82, 2.24) is 20.4 Å². The Bertz CT molecular complexity index is 328. The zero-order valence-corrected chi connectivity index (χ0v) is 13.7. The van der Waals surface area contributed by atoms with Crippen molar-refractivity contribution in [2.45, 2.75) is 45.1 Å². The number of carbonyl (C=O) groups is 2. The molecule has 1 fully saturated rings. The minimum atomic E-state index is -0.113. The molecule has 0 aromatic heterocycles. The van der Waals surface area contributed by atoms with E-state index in [2.05, 4.69) is 10.6 Å². The Kier molecular flexibility index (Phi) is 8.12. The van der Waals surface area contributed by atoms with Gasteiger partial charge in [0.05, 0.1) is 0 Å². The van der Waals surface area contributed by atoms with Crippen LogP contribution in [0.4, 0.5) is 4.79 Å². The van der Waals surface area contributed by atoms with E-state index in [1.807, 2.05) is 19.0 Å². The topological polar surface area (TPSA) is 64.7 Å². The Morgan fingerprint density at radius 2 is 1.71 bits per heavy atom.